The summed E-state index contributed by atoms with van der Waals surface area (Å²) in [4.78, 5) is 12.7. The van der Waals surface area contributed by atoms with Crippen LogP contribution in [-0.4, -0.2) is 21.4 Å². The summed E-state index contributed by atoms with van der Waals surface area (Å²) in [5.41, 5.74) is 3.40. The van der Waals surface area contributed by atoms with Crippen LogP contribution >= 0.6 is 27.7 Å². The van der Waals surface area contributed by atoms with Crippen molar-refractivity contribution in [3.63, 3.8) is 0 Å². The van der Waals surface area contributed by atoms with Crippen molar-refractivity contribution in [3.05, 3.63) is 64.1 Å². The maximum Gasteiger partial charge on any atom is 0.277 e. The minimum Gasteiger partial charge on any atom is -0.411 e. The molecular weight excluding hydrogens is 438 g/mol. The van der Waals surface area contributed by atoms with Crippen LogP contribution in [0.4, 0.5) is 0 Å². The third-order valence-corrected chi connectivity index (χ3v) is 6.24. The predicted octanol–water partition coefficient (Wildman–Crippen LogP) is 5.17. The molecule has 1 aliphatic rings. The number of nitrogens with zero attached hydrogens (tertiary/aromatic N) is 2. The van der Waals surface area contributed by atoms with E-state index in [1.807, 2.05) is 37.3 Å². The standard InChI is InChI=1S/C21H20BrN3O2S/c1-13(19(26)23-18-11-5-7-14-6-2-3-10-17(14)18)28-21-25-24-20(27-21)15-8-4-9-16(22)12-15/h2-4,6,8-10,12-13,18H,5,7,11H2,1H3,(H,23,26)/t13-,18-/m0/s1. The minimum absolute atomic E-state index is 0.0195. The first-order chi connectivity index (χ1) is 13.6. The molecule has 2 atom stereocenters. The first-order valence-corrected chi connectivity index (χ1v) is 10.9. The Morgan fingerprint density at radius 3 is 2.96 bits per heavy atom. The molecule has 144 valence electrons. The highest BCUT2D eigenvalue weighted by atomic mass is 79.9. The Hall–Kier alpha value is -2.12. The number of thioether (sulfide) groups is 1. The van der Waals surface area contributed by atoms with Gasteiger partial charge < -0.3 is 9.73 Å². The second-order valence-corrected chi connectivity index (χ2v) is 9.00. The molecule has 2 aromatic carbocycles. The van der Waals surface area contributed by atoms with E-state index in [-0.39, 0.29) is 17.2 Å². The van der Waals surface area contributed by atoms with Gasteiger partial charge in [0.1, 0.15) is 0 Å². The number of fused-ring (bicyclic) bond motifs is 1. The fourth-order valence-electron chi connectivity index (χ4n) is 3.39. The molecule has 1 heterocycles. The van der Waals surface area contributed by atoms with Crippen LogP contribution in [0.15, 0.2) is 62.6 Å². The summed E-state index contributed by atoms with van der Waals surface area (Å²) in [6, 6.07) is 16.1. The number of hydrogen-bond donors (Lipinski definition) is 1. The lowest BCUT2D eigenvalue weighted by Gasteiger charge is -2.27. The molecule has 28 heavy (non-hydrogen) atoms. The van der Waals surface area contributed by atoms with Crippen molar-refractivity contribution in [2.45, 2.75) is 42.7 Å². The maximum atomic E-state index is 12.7. The van der Waals surface area contributed by atoms with Crippen LogP contribution < -0.4 is 5.32 Å². The molecule has 4 rings (SSSR count). The van der Waals surface area contributed by atoms with Gasteiger partial charge in [-0.15, -0.1) is 10.2 Å². The molecule has 0 fully saturated rings. The molecule has 0 unspecified atom stereocenters. The lowest BCUT2D eigenvalue weighted by Crippen LogP contribution is -2.35. The van der Waals surface area contributed by atoms with E-state index in [1.54, 1.807) is 0 Å². The van der Waals surface area contributed by atoms with Gasteiger partial charge in [-0.25, -0.2) is 0 Å². The van der Waals surface area contributed by atoms with Gasteiger partial charge in [-0.1, -0.05) is 58.0 Å². The number of halogens is 1. The van der Waals surface area contributed by atoms with Gasteiger partial charge in [-0.05, 0) is 55.5 Å². The Morgan fingerprint density at radius 2 is 2.11 bits per heavy atom. The molecule has 3 aromatic rings. The van der Waals surface area contributed by atoms with Gasteiger partial charge in [0.2, 0.25) is 11.8 Å². The Labute approximate surface area is 176 Å². The normalized spacial score (nSPS) is 17.0. The molecule has 1 N–H and O–H groups in total. The summed E-state index contributed by atoms with van der Waals surface area (Å²) in [7, 11) is 0. The molecular formula is C21H20BrN3O2S. The van der Waals surface area contributed by atoms with Crippen molar-refractivity contribution in [3.8, 4) is 11.5 Å². The molecule has 7 heteroatoms. The van der Waals surface area contributed by atoms with Crippen LogP contribution in [0.2, 0.25) is 0 Å². The summed E-state index contributed by atoms with van der Waals surface area (Å²) in [5.74, 6) is 0.423. The molecule has 5 nitrogen and oxygen atoms in total. The van der Waals surface area contributed by atoms with Crippen LogP contribution in [-0.2, 0) is 11.2 Å². The van der Waals surface area contributed by atoms with Gasteiger partial charge in [0.15, 0.2) is 0 Å². The number of carbonyl (C=O) groups is 1. The van der Waals surface area contributed by atoms with Gasteiger partial charge in [0.25, 0.3) is 5.22 Å². The maximum absolute atomic E-state index is 12.7. The van der Waals surface area contributed by atoms with Crippen LogP contribution in [0.1, 0.15) is 36.9 Å². The van der Waals surface area contributed by atoms with Crippen molar-refractivity contribution >= 4 is 33.6 Å². The molecule has 0 bridgehead atoms. The van der Waals surface area contributed by atoms with Crippen molar-refractivity contribution in [2.24, 2.45) is 0 Å². The highest BCUT2D eigenvalue weighted by molar-refractivity contribution is 9.10. The number of hydrogen-bond acceptors (Lipinski definition) is 5. The lowest BCUT2D eigenvalue weighted by molar-refractivity contribution is -0.121. The fraction of sp³-hybridized carbons (Fsp3) is 0.286. The number of benzene rings is 2. The summed E-state index contributed by atoms with van der Waals surface area (Å²) in [6.45, 7) is 1.86. The smallest absolute Gasteiger partial charge is 0.277 e. The highest BCUT2D eigenvalue weighted by Crippen LogP contribution is 2.31. The number of aryl methyl sites for hydroxylation is 1. The topological polar surface area (TPSA) is 68.0 Å². The average Bonchev–Trinajstić information content (AvgIpc) is 3.17. The lowest BCUT2D eigenvalue weighted by atomic mass is 9.88. The number of aromatic nitrogens is 2. The van der Waals surface area contributed by atoms with E-state index in [9.17, 15) is 4.79 Å². The summed E-state index contributed by atoms with van der Waals surface area (Å²) in [6.07, 6.45) is 3.13. The Kier molecular flexibility index (Phi) is 5.82. The second-order valence-electron chi connectivity index (χ2n) is 6.80. The summed E-state index contributed by atoms with van der Waals surface area (Å²) in [5, 5.41) is 11.4. The first-order valence-electron chi connectivity index (χ1n) is 9.24. The largest absolute Gasteiger partial charge is 0.411 e. The summed E-state index contributed by atoms with van der Waals surface area (Å²) >= 11 is 4.71. The monoisotopic (exact) mass is 457 g/mol. The Bertz CT molecular complexity index is 991. The van der Waals surface area contributed by atoms with Crippen LogP contribution in [0, 0.1) is 0 Å². The molecule has 0 saturated carbocycles. The quantitative estimate of drug-likeness (QED) is 0.534. The SMILES string of the molecule is C[C@H](Sc1nnc(-c2cccc(Br)c2)o1)C(=O)N[C@H]1CCCc2ccccc21. The number of carbonyl (C=O) groups excluding carboxylic acids is 1. The number of nitrogens with one attached hydrogen (secondary N) is 1. The van der Waals surface area contributed by atoms with Crippen LogP contribution in [0.25, 0.3) is 11.5 Å². The van der Waals surface area contributed by atoms with Gasteiger partial charge in [-0.2, -0.15) is 0 Å². The van der Waals surface area contributed by atoms with E-state index in [4.69, 9.17) is 4.42 Å². The third kappa shape index (κ3) is 4.31. The molecule has 0 radical (unpaired) electrons. The molecule has 0 saturated heterocycles. The Morgan fingerprint density at radius 1 is 1.25 bits per heavy atom. The zero-order valence-corrected chi connectivity index (χ0v) is 17.8. The van der Waals surface area contributed by atoms with Crippen molar-refractivity contribution in [1.82, 2.24) is 15.5 Å². The zero-order valence-electron chi connectivity index (χ0n) is 15.4. The first kappa shape index (κ1) is 19.2. The third-order valence-electron chi connectivity index (χ3n) is 4.81. The van der Waals surface area contributed by atoms with E-state index < -0.39 is 0 Å². The summed E-state index contributed by atoms with van der Waals surface area (Å²) < 4.78 is 6.67. The fourth-order valence-corrected chi connectivity index (χ4v) is 4.49. The van der Waals surface area contributed by atoms with Gasteiger partial charge in [0.05, 0.1) is 11.3 Å². The number of rotatable bonds is 5. The van der Waals surface area contributed by atoms with E-state index in [0.717, 1.165) is 29.3 Å². The predicted molar refractivity (Wildman–Crippen MR) is 113 cm³/mol. The average molecular weight is 458 g/mol. The van der Waals surface area contributed by atoms with Crippen molar-refractivity contribution < 1.29 is 9.21 Å². The molecule has 1 aromatic heterocycles. The van der Waals surface area contributed by atoms with Crippen LogP contribution in [0.3, 0.4) is 0 Å². The number of amides is 1. The van der Waals surface area contributed by atoms with Crippen LogP contribution in [0.5, 0.6) is 0 Å². The van der Waals surface area contributed by atoms with E-state index in [0.29, 0.717) is 11.1 Å². The second kappa shape index (κ2) is 8.49. The van der Waals surface area contributed by atoms with Gasteiger partial charge in [0, 0.05) is 10.0 Å². The van der Waals surface area contributed by atoms with E-state index >= 15 is 0 Å². The van der Waals surface area contributed by atoms with Gasteiger partial charge in [-0.3, -0.25) is 4.79 Å². The molecule has 0 spiro atoms. The van der Waals surface area contributed by atoms with Gasteiger partial charge >= 0.3 is 0 Å². The molecule has 1 aliphatic carbocycles. The Balaban J connectivity index is 1.40. The molecule has 1 amide bonds. The zero-order chi connectivity index (χ0) is 19.5. The van der Waals surface area contributed by atoms with Crippen molar-refractivity contribution in [1.29, 1.82) is 0 Å². The molecule has 0 aliphatic heterocycles. The van der Waals surface area contributed by atoms with E-state index in [2.05, 4.69) is 49.6 Å². The minimum atomic E-state index is -0.329. The van der Waals surface area contributed by atoms with Crippen molar-refractivity contribution in [2.75, 3.05) is 0 Å². The highest BCUT2D eigenvalue weighted by Gasteiger charge is 2.25. The van der Waals surface area contributed by atoms with E-state index in [1.165, 1.54) is 22.9 Å².